The van der Waals surface area contributed by atoms with Gasteiger partial charge in [-0.05, 0) is 48.0 Å². The summed E-state index contributed by atoms with van der Waals surface area (Å²) in [6, 6.07) is 13.5. The van der Waals surface area contributed by atoms with Crippen LogP contribution in [0.15, 0.2) is 67.0 Å². The highest BCUT2D eigenvalue weighted by atomic mass is 19.4. The molecule has 28 heavy (non-hydrogen) atoms. The highest BCUT2D eigenvalue weighted by Crippen LogP contribution is 2.30. The van der Waals surface area contributed by atoms with Crippen molar-refractivity contribution in [2.45, 2.75) is 6.18 Å². The van der Waals surface area contributed by atoms with Crippen LogP contribution in [0.1, 0.15) is 16.1 Å². The van der Waals surface area contributed by atoms with Gasteiger partial charge in [-0.3, -0.25) is 14.9 Å². The third-order valence-corrected chi connectivity index (χ3v) is 4.24. The number of carbonyl (C=O) groups is 1. The van der Waals surface area contributed by atoms with Gasteiger partial charge in [-0.1, -0.05) is 12.1 Å². The Morgan fingerprint density at radius 1 is 1.00 bits per heavy atom. The summed E-state index contributed by atoms with van der Waals surface area (Å²) in [7, 11) is 0. The summed E-state index contributed by atoms with van der Waals surface area (Å²) in [5.74, 6) is -0.519. The van der Waals surface area contributed by atoms with Gasteiger partial charge in [0.05, 0.1) is 11.1 Å². The number of carbonyl (C=O) groups excluding carboxylic acids is 1. The van der Waals surface area contributed by atoms with Crippen LogP contribution in [-0.4, -0.2) is 21.1 Å². The Hall–Kier alpha value is -3.68. The van der Waals surface area contributed by atoms with Gasteiger partial charge in [-0.25, -0.2) is 0 Å². The largest absolute Gasteiger partial charge is 0.416 e. The molecule has 4 rings (SSSR count). The van der Waals surface area contributed by atoms with Crippen molar-refractivity contribution in [3.8, 4) is 11.1 Å². The molecule has 0 radical (unpaired) electrons. The van der Waals surface area contributed by atoms with E-state index in [-0.39, 0.29) is 11.4 Å². The number of pyridine rings is 1. The highest BCUT2D eigenvalue weighted by Gasteiger charge is 2.30. The van der Waals surface area contributed by atoms with Crippen molar-refractivity contribution >= 4 is 22.5 Å². The number of alkyl halides is 3. The Labute approximate surface area is 157 Å². The molecule has 2 aromatic heterocycles. The summed E-state index contributed by atoms with van der Waals surface area (Å²) in [4.78, 5) is 16.7. The van der Waals surface area contributed by atoms with Gasteiger partial charge in [-0.2, -0.15) is 18.3 Å². The smallest absolute Gasteiger partial charge is 0.321 e. The predicted molar refractivity (Wildman–Crippen MR) is 98.7 cm³/mol. The lowest BCUT2D eigenvalue weighted by atomic mass is 10.0. The zero-order valence-corrected chi connectivity index (χ0v) is 14.3. The molecule has 0 saturated heterocycles. The Morgan fingerprint density at radius 3 is 2.46 bits per heavy atom. The van der Waals surface area contributed by atoms with Gasteiger partial charge in [-0.15, -0.1) is 0 Å². The van der Waals surface area contributed by atoms with Crippen LogP contribution in [-0.2, 0) is 6.18 Å². The number of anilines is 1. The minimum atomic E-state index is -4.43. The van der Waals surface area contributed by atoms with E-state index in [9.17, 15) is 18.0 Å². The van der Waals surface area contributed by atoms with Gasteiger partial charge < -0.3 is 5.32 Å². The van der Waals surface area contributed by atoms with Crippen LogP contribution in [0.3, 0.4) is 0 Å². The summed E-state index contributed by atoms with van der Waals surface area (Å²) >= 11 is 0. The van der Waals surface area contributed by atoms with Gasteiger partial charge in [0.25, 0.3) is 5.91 Å². The minimum absolute atomic E-state index is 0.153. The SMILES string of the molecule is O=C(Nc1ccc(C(F)(F)F)cc1)c1n[nH]c2ccc(-c3cccnc3)cc12. The summed E-state index contributed by atoms with van der Waals surface area (Å²) < 4.78 is 38.0. The topological polar surface area (TPSA) is 70.7 Å². The number of nitrogens with zero attached hydrogens (tertiary/aromatic N) is 2. The first-order valence-electron chi connectivity index (χ1n) is 8.29. The van der Waals surface area contributed by atoms with E-state index in [4.69, 9.17) is 0 Å². The fraction of sp³-hybridized carbons (Fsp3) is 0.0500. The third kappa shape index (κ3) is 3.44. The molecule has 2 aromatic carbocycles. The van der Waals surface area contributed by atoms with Gasteiger partial charge in [0.2, 0.25) is 0 Å². The molecule has 140 valence electrons. The van der Waals surface area contributed by atoms with E-state index in [1.54, 1.807) is 18.5 Å². The molecule has 0 bridgehead atoms. The van der Waals surface area contributed by atoms with E-state index in [0.29, 0.717) is 10.9 Å². The van der Waals surface area contributed by atoms with Crippen LogP contribution in [0.5, 0.6) is 0 Å². The van der Waals surface area contributed by atoms with Crippen molar-refractivity contribution in [2.75, 3.05) is 5.32 Å². The zero-order valence-electron chi connectivity index (χ0n) is 14.3. The first-order chi connectivity index (χ1) is 13.4. The number of benzene rings is 2. The summed E-state index contributed by atoms with van der Waals surface area (Å²) in [5.41, 5.74) is 2.05. The van der Waals surface area contributed by atoms with Gasteiger partial charge in [0.1, 0.15) is 0 Å². The Bertz CT molecular complexity index is 1140. The lowest BCUT2D eigenvalue weighted by molar-refractivity contribution is -0.137. The van der Waals surface area contributed by atoms with Crippen molar-refractivity contribution in [3.05, 3.63) is 78.2 Å². The van der Waals surface area contributed by atoms with Gasteiger partial charge in [0, 0.05) is 29.0 Å². The number of H-pyrrole nitrogens is 1. The number of hydrogen-bond donors (Lipinski definition) is 2. The van der Waals surface area contributed by atoms with Crippen LogP contribution in [0.25, 0.3) is 22.0 Å². The average Bonchev–Trinajstić information content (AvgIpc) is 3.12. The van der Waals surface area contributed by atoms with E-state index >= 15 is 0 Å². The number of aromatic nitrogens is 3. The molecule has 4 aromatic rings. The summed E-state index contributed by atoms with van der Waals surface area (Å²) in [6.07, 6.45) is -1.05. The van der Waals surface area contributed by atoms with E-state index in [1.165, 1.54) is 12.1 Å². The molecule has 2 heterocycles. The predicted octanol–water partition coefficient (Wildman–Crippen LogP) is 4.90. The Morgan fingerprint density at radius 2 is 1.79 bits per heavy atom. The Balaban J connectivity index is 1.62. The number of rotatable bonds is 3. The second kappa shape index (κ2) is 6.80. The maximum atomic E-state index is 12.7. The van der Waals surface area contributed by atoms with Crippen LogP contribution < -0.4 is 5.32 Å². The molecule has 5 nitrogen and oxygen atoms in total. The van der Waals surface area contributed by atoms with Crippen LogP contribution in [0, 0.1) is 0 Å². The minimum Gasteiger partial charge on any atom is -0.321 e. The highest BCUT2D eigenvalue weighted by molar-refractivity contribution is 6.11. The fourth-order valence-corrected chi connectivity index (χ4v) is 2.83. The number of amides is 1. The van der Waals surface area contributed by atoms with Crippen molar-refractivity contribution in [1.29, 1.82) is 0 Å². The molecule has 0 aliphatic rings. The molecule has 0 aliphatic heterocycles. The second-order valence-electron chi connectivity index (χ2n) is 6.10. The van der Waals surface area contributed by atoms with Crippen molar-refractivity contribution in [2.24, 2.45) is 0 Å². The number of aromatic amines is 1. The monoisotopic (exact) mass is 382 g/mol. The maximum absolute atomic E-state index is 12.7. The molecule has 0 saturated carbocycles. The number of fused-ring (bicyclic) bond motifs is 1. The normalized spacial score (nSPS) is 11.5. The zero-order chi connectivity index (χ0) is 19.7. The van der Waals surface area contributed by atoms with Crippen LogP contribution >= 0.6 is 0 Å². The summed E-state index contributed by atoms with van der Waals surface area (Å²) in [6.45, 7) is 0. The molecule has 2 N–H and O–H groups in total. The van der Waals surface area contributed by atoms with Gasteiger partial charge in [0.15, 0.2) is 5.69 Å². The Kier molecular flexibility index (Phi) is 4.31. The van der Waals surface area contributed by atoms with Gasteiger partial charge >= 0.3 is 6.18 Å². The fourth-order valence-electron chi connectivity index (χ4n) is 2.83. The molecule has 0 aliphatic carbocycles. The lowest BCUT2D eigenvalue weighted by Gasteiger charge is -2.08. The van der Waals surface area contributed by atoms with E-state index in [2.05, 4.69) is 20.5 Å². The standard InChI is InChI=1S/C20H13F3N4O/c21-20(22,23)14-4-6-15(7-5-14)25-19(28)18-16-10-12(3-8-17(16)26-27-18)13-2-1-9-24-11-13/h1-11H,(H,25,28)(H,26,27). The van der Waals surface area contributed by atoms with Crippen molar-refractivity contribution < 1.29 is 18.0 Å². The molecular weight excluding hydrogens is 369 g/mol. The lowest BCUT2D eigenvalue weighted by Crippen LogP contribution is -2.13. The molecule has 1 amide bonds. The maximum Gasteiger partial charge on any atom is 0.416 e. The molecule has 0 atom stereocenters. The molecule has 8 heteroatoms. The number of nitrogens with one attached hydrogen (secondary N) is 2. The van der Waals surface area contributed by atoms with Crippen molar-refractivity contribution in [1.82, 2.24) is 15.2 Å². The number of halogens is 3. The van der Waals surface area contributed by atoms with Crippen LogP contribution in [0.2, 0.25) is 0 Å². The first-order valence-corrected chi connectivity index (χ1v) is 8.29. The van der Waals surface area contributed by atoms with E-state index < -0.39 is 17.6 Å². The molecular formula is C20H13F3N4O. The van der Waals surface area contributed by atoms with Crippen LogP contribution in [0.4, 0.5) is 18.9 Å². The van der Waals surface area contributed by atoms with E-state index in [1.807, 2.05) is 24.3 Å². The molecule has 0 unspecified atom stereocenters. The second-order valence-corrected chi connectivity index (χ2v) is 6.10. The summed E-state index contributed by atoms with van der Waals surface area (Å²) in [5, 5.41) is 10.0. The average molecular weight is 382 g/mol. The first kappa shape index (κ1) is 17.7. The van der Waals surface area contributed by atoms with Crippen molar-refractivity contribution in [3.63, 3.8) is 0 Å². The number of hydrogen-bond acceptors (Lipinski definition) is 3. The molecule has 0 spiro atoms. The molecule has 0 fully saturated rings. The van der Waals surface area contributed by atoms with E-state index in [0.717, 1.165) is 23.3 Å². The quantitative estimate of drug-likeness (QED) is 0.530. The third-order valence-electron chi connectivity index (χ3n) is 4.24.